The zero-order chi connectivity index (χ0) is 14.8. The van der Waals surface area contributed by atoms with Gasteiger partial charge < -0.3 is 10.5 Å². The number of anilines is 1. The maximum Gasteiger partial charge on any atom is 0.240 e. The molecule has 0 bridgehead atoms. The molecule has 0 saturated heterocycles. The third kappa shape index (κ3) is 3.21. The van der Waals surface area contributed by atoms with E-state index in [-0.39, 0.29) is 16.3 Å². The molecular weight excluding hydrogens is 283 g/mol. The lowest BCUT2D eigenvalue weighted by Gasteiger charge is -2.13. The van der Waals surface area contributed by atoms with Crippen molar-refractivity contribution in [3.05, 3.63) is 17.9 Å². The van der Waals surface area contributed by atoms with Crippen LogP contribution in [0.2, 0.25) is 0 Å². The average Bonchev–Trinajstić information content (AvgIpc) is 2.89. The molecule has 0 aromatic heterocycles. The molecule has 0 atom stereocenters. The molecule has 1 saturated carbocycles. The van der Waals surface area contributed by atoms with E-state index in [1.54, 1.807) is 0 Å². The first kappa shape index (κ1) is 15.1. The van der Waals surface area contributed by atoms with Gasteiger partial charge >= 0.3 is 0 Å². The van der Waals surface area contributed by atoms with Crippen LogP contribution in [0.4, 0.5) is 10.1 Å². The minimum Gasteiger partial charge on any atom is -0.492 e. The molecule has 1 aromatic carbocycles. The van der Waals surface area contributed by atoms with Gasteiger partial charge in [-0.15, -0.1) is 0 Å². The molecule has 20 heavy (non-hydrogen) atoms. The smallest absolute Gasteiger partial charge is 0.240 e. The second-order valence-corrected chi connectivity index (χ2v) is 6.80. The molecule has 0 radical (unpaired) electrons. The van der Waals surface area contributed by atoms with Crippen molar-refractivity contribution in [2.75, 3.05) is 19.4 Å². The predicted octanol–water partition coefficient (Wildman–Crippen LogP) is 1.88. The van der Waals surface area contributed by atoms with E-state index < -0.39 is 15.8 Å². The quantitative estimate of drug-likeness (QED) is 0.814. The second kappa shape index (κ2) is 5.97. The lowest BCUT2D eigenvalue weighted by atomic mass is 10.1. The number of hydrogen-bond acceptors (Lipinski definition) is 4. The highest BCUT2D eigenvalue weighted by Gasteiger charge is 2.22. The van der Waals surface area contributed by atoms with Gasteiger partial charge in [0.1, 0.15) is 0 Å². The molecular formula is C13H19FN2O3S. The Morgan fingerprint density at radius 3 is 2.60 bits per heavy atom. The number of benzene rings is 1. The third-order valence-corrected chi connectivity index (χ3v) is 5.00. The van der Waals surface area contributed by atoms with Gasteiger partial charge in [-0.25, -0.2) is 17.5 Å². The summed E-state index contributed by atoms with van der Waals surface area (Å²) in [7, 11) is -2.46. The molecule has 0 spiro atoms. The van der Waals surface area contributed by atoms with Gasteiger partial charge in [-0.2, -0.15) is 0 Å². The van der Waals surface area contributed by atoms with E-state index in [9.17, 15) is 12.8 Å². The lowest BCUT2D eigenvalue weighted by molar-refractivity contribution is 0.388. The SMILES string of the molecule is COc1c(N)cc(S(=O)(=O)NCC2CCCC2)cc1F. The molecule has 0 aliphatic heterocycles. The summed E-state index contributed by atoms with van der Waals surface area (Å²) in [6, 6.07) is 2.13. The average molecular weight is 302 g/mol. The molecule has 0 amide bonds. The molecule has 2 rings (SSSR count). The van der Waals surface area contributed by atoms with Crippen molar-refractivity contribution in [3.63, 3.8) is 0 Å². The van der Waals surface area contributed by atoms with Crippen molar-refractivity contribution in [2.24, 2.45) is 5.92 Å². The summed E-state index contributed by atoms with van der Waals surface area (Å²) in [6.07, 6.45) is 4.33. The van der Waals surface area contributed by atoms with Gasteiger partial charge in [0.25, 0.3) is 0 Å². The number of nitrogens with one attached hydrogen (secondary N) is 1. The fourth-order valence-electron chi connectivity index (χ4n) is 2.48. The summed E-state index contributed by atoms with van der Waals surface area (Å²) in [5.41, 5.74) is 5.56. The summed E-state index contributed by atoms with van der Waals surface area (Å²) in [5, 5.41) is 0. The zero-order valence-corrected chi connectivity index (χ0v) is 12.2. The minimum atomic E-state index is -3.74. The number of nitrogens with two attached hydrogens (primary N) is 1. The van der Waals surface area contributed by atoms with Crippen LogP contribution in [0.1, 0.15) is 25.7 Å². The number of sulfonamides is 1. The topological polar surface area (TPSA) is 81.4 Å². The lowest BCUT2D eigenvalue weighted by Crippen LogP contribution is -2.28. The highest BCUT2D eigenvalue weighted by molar-refractivity contribution is 7.89. The molecule has 1 fully saturated rings. The number of methoxy groups -OCH3 is 1. The molecule has 3 N–H and O–H groups in total. The highest BCUT2D eigenvalue weighted by atomic mass is 32.2. The van der Waals surface area contributed by atoms with Crippen molar-refractivity contribution >= 4 is 15.7 Å². The fraction of sp³-hybridized carbons (Fsp3) is 0.538. The molecule has 0 heterocycles. The summed E-state index contributed by atoms with van der Waals surface area (Å²) < 4.78 is 45.2. The summed E-state index contributed by atoms with van der Waals surface area (Å²) in [6.45, 7) is 0.385. The first-order valence-corrected chi connectivity index (χ1v) is 8.05. The number of nitrogen functional groups attached to an aromatic ring is 1. The molecule has 5 nitrogen and oxygen atoms in total. The fourth-order valence-corrected chi connectivity index (χ4v) is 3.65. The normalized spacial score (nSPS) is 16.5. The Kier molecular flexibility index (Phi) is 4.49. The van der Waals surface area contributed by atoms with Crippen LogP contribution in [0.25, 0.3) is 0 Å². The van der Waals surface area contributed by atoms with Gasteiger partial charge in [-0.3, -0.25) is 0 Å². The molecule has 112 valence electrons. The van der Waals surface area contributed by atoms with Gasteiger partial charge in [-0.1, -0.05) is 12.8 Å². The van der Waals surface area contributed by atoms with Crippen LogP contribution < -0.4 is 15.2 Å². The van der Waals surface area contributed by atoms with Crippen LogP contribution in [0.15, 0.2) is 17.0 Å². The van der Waals surface area contributed by atoms with E-state index in [0.717, 1.165) is 31.7 Å². The monoisotopic (exact) mass is 302 g/mol. The molecule has 1 aliphatic carbocycles. The first-order valence-electron chi connectivity index (χ1n) is 6.56. The Bertz CT molecular complexity index is 560. The Hall–Kier alpha value is -1.34. The zero-order valence-electron chi connectivity index (χ0n) is 11.4. The Balaban J connectivity index is 2.16. The van der Waals surface area contributed by atoms with Gasteiger partial charge in [0.05, 0.1) is 17.7 Å². The molecule has 1 aromatic rings. The van der Waals surface area contributed by atoms with Crippen LogP contribution in [0.3, 0.4) is 0 Å². The van der Waals surface area contributed by atoms with Crippen molar-refractivity contribution < 1.29 is 17.5 Å². The van der Waals surface area contributed by atoms with Gasteiger partial charge in [0.15, 0.2) is 11.6 Å². The van der Waals surface area contributed by atoms with Gasteiger partial charge in [-0.05, 0) is 30.9 Å². The van der Waals surface area contributed by atoms with E-state index in [0.29, 0.717) is 12.5 Å². The standard InChI is InChI=1S/C13H19FN2O3S/c1-19-13-11(14)6-10(7-12(13)15)20(17,18)16-8-9-4-2-3-5-9/h6-7,9,16H,2-5,8,15H2,1H3. The summed E-state index contributed by atoms with van der Waals surface area (Å²) in [5.74, 6) is -0.557. The van der Waals surface area contributed by atoms with Crippen molar-refractivity contribution in [2.45, 2.75) is 30.6 Å². The summed E-state index contributed by atoms with van der Waals surface area (Å²) in [4.78, 5) is -0.175. The van der Waals surface area contributed by atoms with Crippen LogP contribution in [0, 0.1) is 11.7 Å². The predicted molar refractivity (Wildman–Crippen MR) is 74.5 cm³/mol. The minimum absolute atomic E-state index is 0.0336. The first-order chi connectivity index (χ1) is 9.44. The number of rotatable bonds is 5. The number of halogens is 1. The Morgan fingerprint density at radius 2 is 2.05 bits per heavy atom. The van der Waals surface area contributed by atoms with E-state index in [2.05, 4.69) is 4.72 Å². The molecule has 7 heteroatoms. The van der Waals surface area contributed by atoms with Gasteiger partial charge in [0.2, 0.25) is 10.0 Å². The molecule has 0 unspecified atom stereocenters. The van der Waals surface area contributed by atoms with E-state index >= 15 is 0 Å². The summed E-state index contributed by atoms with van der Waals surface area (Å²) >= 11 is 0. The van der Waals surface area contributed by atoms with Crippen LogP contribution >= 0.6 is 0 Å². The molecule has 1 aliphatic rings. The van der Waals surface area contributed by atoms with E-state index in [1.165, 1.54) is 13.2 Å². The second-order valence-electron chi connectivity index (χ2n) is 5.03. The number of ether oxygens (including phenoxy) is 1. The highest BCUT2D eigenvalue weighted by Crippen LogP contribution is 2.29. The van der Waals surface area contributed by atoms with Crippen LogP contribution in [-0.4, -0.2) is 22.1 Å². The van der Waals surface area contributed by atoms with Crippen molar-refractivity contribution in [3.8, 4) is 5.75 Å². The van der Waals surface area contributed by atoms with Crippen molar-refractivity contribution in [1.29, 1.82) is 0 Å². The third-order valence-electron chi connectivity index (χ3n) is 3.60. The van der Waals surface area contributed by atoms with Gasteiger partial charge in [0, 0.05) is 6.54 Å². The largest absolute Gasteiger partial charge is 0.492 e. The van der Waals surface area contributed by atoms with Crippen molar-refractivity contribution in [1.82, 2.24) is 4.72 Å². The maximum atomic E-state index is 13.7. The Morgan fingerprint density at radius 1 is 1.40 bits per heavy atom. The Labute approximate surface area is 118 Å². The van der Waals surface area contributed by atoms with Crippen LogP contribution in [0.5, 0.6) is 5.75 Å². The number of hydrogen-bond donors (Lipinski definition) is 2. The maximum absolute atomic E-state index is 13.7. The van der Waals surface area contributed by atoms with Crippen LogP contribution in [-0.2, 0) is 10.0 Å². The van der Waals surface area contributed by atoms with E-state index in [4.69, 9.17) is 10.5 Å². The van der Waals surface area contributed by atoms with E-state index in [1.807, 2.05) is 0 Å².